The van der Waals surface area contributed by atoms with Gasteiger partial charge in [0.2, 0.25) is 0 Å². The zero-order chi connectivity index (χ0) is 13.3. The summed E-state index contributed by atoms with van der Waals surface area (Å²) in [5.74, 6) is 0.908. The summed E-state index contributed by atoms with van der Waals surface area (Å²) in [5.41, 5.74) is 1.28. The maximum Gasteiger partial charge on any atom is 0.131 e. The van der Waals surface area contributed by atoms with Gasteiger partial charge in [-0.3, -0.25) is 0 Å². The van der Waals surface area contributed by atoms with Crippen molar-refractivity contribution in [3.8, 4) is 0 Å². The number of anilines is 1. The number of piperidine rings is 1. The molecule has 0 bridgehead atoms. The number of nitrogens with zero attached hydrogens (tertiary/aromatic N) is 1. The van der Waals surface area contributed by atoms with E-state index in [9.17, 15) is 9.50 Å². The van der Waals surface area contributed by atoms with Crippen LogP contribution in [0.4, 0.5) is 10.1 Å². The summed E-state index contributed by atoms with van der Waals surface area (Å²) in [7, 11) is 0. The van der Waals surface area contributed by atoms with Gasteiger partial charge in [-0.1, -0.05) is 19.9 Å². The third kappa shape index (κ3) is 2.66. The van der Waals surface area contributed by atoms with E-state index in [0.717, 1.165) is 18.8 Å². The van der Waals surface area contributed by atoms with Crippen LogP contribution in [-0.2, 0) is 0 Å². The maximum absolute atomic E-state index is 13.9. The molecule has 1 saturated heterocycles. The lowest BCUT2D eigenvalue weighted by Crippen LogP contribution is -2.39. The molecule has 0 spiro atoms. The normalized spacial score (nSPS) is 26.2. The molecular weight excluding hydrogens is 229 g/mol. The molecule has 2 rings (SSSR count). The first-order valence-corrected chi connectivity index (χ1v) is 6.70. The number of hydrogen-bond donors (Lipinski definition) is 1. The second-order valence-corrected chi connectivity index (χ2v) is 5.70. The van der Waals surface area contributed by atoms with E-state index < -0.39 is 6.10 Å². The zero-order valence-corrected chi connectivity index (χ0v) is 11.4. The summed E-state index contributed by atoms with van der Waals surface area (Å²) in [6, 6.07) is 5.05. The molecule has 100 valence electrons. The zero-order valence-electron chi connectivity index (χ0n) is 11.4. The second kappa shape index (κ2) is 5.27. The SMILES string of the molecule is CC1CC(C)CN(c2cccc(F)c2[C@@H](C)O)C1. The van der Waals surface area contributed by atoms with E-state index in [1.165, 1.54) is 12.5 Å². The minimum Gasteiger partial charge on any atom is -0.389 e. The second-order valence-electron chi connectivity index (χ2n) is 5.70. The van der Waals surface area contributed by atoms with Gasteiger partial charge in [0.05, 0.1) is 6.10 Å². The van der Waals surface area contributed by atoms with Crippen molar-refractivity contribution in [2.75, 3.05) is 18.0 Å². The number of halogens is 1. The molecule has 0 amide bonds. The van der Waals surface area contributed by atoms with Gasteiger partial charge < -0.3 is 10.0 Å². The quantitative estimate of drug-likeness (QED) is 0.871. The van der Waals surface area contributed by atoms with Crippen LogP contribution < -0.4 is 4.90 Å². The van der Waals surface area contributed by atoms with Crippen LogP contribution in [0.1, 0.15) is 38.9 Å². The van der Waals surface area contributed by atoms with Crippen LogP contribution in [0, 0.1) is 17.7 Å². The van der Waals surface area contributed by atoms with E-state index >= 15 is 0 Å². The highest BCUT2D eigenvalue weighted by molar-refractivity contribution is 5.55. The van der Waals surface area contributed by atoms with E-state index in [1.807, 2.05) is 6.07 Å². The Morgan fingerprint density at radius 3 is 2.44 bits per heavy atom. The van der Waals surface area contributed by atoms with E-state index in [1.54, 1.807) is 13.0 Å². The molecule has 0 aliphatic carbocycles. The average molecular weight is 251 g/mol. The molecule has 0 radical (unpaired) electrons. The molecule has 1 aliphatic rings. The van der Waals surface area contributed by atoms with Crippen LogP contribution >= 0.6 is 0 Å². The lowest BCUT2D eigenvalue weighted by atomic mass is 9.91. The Balaban J connectivity index is 2.35. The van der Waals surface area contributed by atoms with Crippen molar-refractivity contribution in [3.63, 3.8) is 0 Å². The first-order chi connectivity index (χ1) is 8.49. The number of aliphatic hydroxyl groups is 1. The lowest BCUT2D eigenvalue weighted by Gasteiger charge is -2.38. The van der Waals surface area contributed by atoms with Crippen molar-refractivity contribution in [3.05, 3.63) is 29.6 Å². The van der Waals surface area contributed by atoms with Crippen molar-refractivity contribution in [2.24, 2.45) is 11.8 Å². The molecular formula is C15H22FNO. The first-order valence-electron chi connectivity index (χ1n) is 6.70. The summed E-state index contributed by atoms with van der Waals surface area (Å²) < 4.78 is 13.9. The van der Waals surface area contributed by atoms with E-state index in [0.29, 0.717) is 17.4 Å². The van der Waals surface area contributed by atoms with Crippen LogP contribution in [0.2, 0.25) is 0 Å². The Bertz CT molecular complexity index is 409. The van der Waals surface area contributed by atoms with Gasteiger partial charge in [0.15, 0.2) is 0 Å². The van der Waals surface area contributed by atoms with E-state index in [-0.39, 0.29) is 5.82 Å². The van der Waals surface area contributed by atoms with Crippen molar-refractivity contribution in [1.29, 1.82) is 0 Å². The van der Waals surface area contributed by atoms with Crippen LogP contribution in [0.25, 0.3) is 0 Å². The molecule has 1 N–H and O–H groups in total. The Morgan fingerprint density at radius 1 is 1.28 bits per heavy atom. The van der Waals surface area contributed by atoms with Gasteiger partial charge in [-0.2, -0.15) is 0 Å². The summed E-state index contributed by atoms with van der Waals surface area (Å²) in [6.45, 7) is 7.95. The van der Waals surface area contributed by atoms with Gasteiger partial charge in [-0.25, -0.2) is 4.39 Å². The van der Waals surface area contributed by atoms with Gasteiger partial charge >= 0.3 is 0 Å². The molecule has 2 nitrogen and oxygen atoms in total. The van der Waals surface area contributed by atoms with E-state index in [4.69, 9.17) is 0 Å². The molecule has 0 aromatic heterocycles. The van der Waals surface area contributed by atoms with Gasteiger partial charge in [-0.15, -0.1) is 0 Å². The topological polar surface area (TPSA) is 23.5 Å². The maximum atomic E-state index is 13.9. The lowest BCUT2D eigenvalue weighted by molar-refractivity contribution is 0.194. The molecule has 2 unspecified atom stereocenters. The number of benzene rings is 1. The summed E-state index contributed by atoms with van der Waals surface area (Å²) >= 11 is 0. The number of rotatable bonds is 2. The van der Waals surface area contributed by atoms with Gasteiger partial charge in [0.1, 0.15) is 5.82 Å². The molecule has 1 heterocycles. The fraction of sp³-hybridized carbons (Fsp3) is 0.600. The van der Waals surface area contributed by atoms with Crippen molar-refractivity contribution >= 4 is 5.69 Å². The summed E-state index contributed by atoms with van der Waals surface area (Å²) in [6.07, 6.45) is 0.448. The molecule has 1 aromatic carbocycles. The average Bonchev–Trinajstić information content (AvgIpc) is 2.26. The fourth-order valence-electron chi connectivity index (χ4n) is 3.07. The van der Waals surface area contributed by atoms with Gasteiger partial charge in [0, 0.05) is 24.3 Å². The Labute approximate surface area is 108 Å². The molecule has 1 aromatic rings. The van der Waals surface area contributed by atoms with Crippen LogP contribution in [0.5, 0.6) is 0 Å². The Morgan fingerprint density at radius 2 is 1.89 bits per heavy atom. The monoisotopic (exact) mass is 251 g/mol. The Kier molecular flexibility index (Phi) is 3.91. The molecule has 18 heavy (non-hydrogen) atoms. The molecule has 0 saturated carbocycles. The third-order valence-electron chi connectivity index (χ3n) is 3.66. The predicted molar refractivity (Wildman–Crippen MR) is 72.2 cm³/mol. The van der Waals surface area contributed by atoms with Crippen molar-refractivity contribution in [1.82, 2.24) is 0 Å². The van der Waals surface area contributed by atoms with Crippen molar-refractivity contribution in [2.45, 2.75) is 33.3 Å². The minimum absolute atomic E-state index is 0.312. The molecule has 1 aliphatic heterocycles. The predicted octanol–water partition coefficient (Wildman–Crippen LogP) is 3.36. The highest BCUT2D eigenvalue weighted by Crippen LogP contribution is 2.33. The minimum atomic E-state index is -0.770. The van der Waals surface area contributed by atoms with Gasteiger partial charge in [-0.05, 0) is 37.3 Å². The number of aliphatic hydroxyl groups excluding tert-OH is 1. The standard InChI is InChI=1S/C15H22FNO/c1-10-7-11(2)9-17(8-10)14-6-4-5-13(16)15(14)12(3)18/h4-6,10-12,18H,7-9H2,1-3H3/t10?,11?,12-/m1/s1. The van der Waals surface area contributed by atoms with Crippen LogP contribution in [0.3, 0.4) is 0 Å². The van der Waals surface area contributed by atoms with Crippen LogP contribution in [0.15, 0.2) is 18.2 Å². The highest BCUT2D eigenvalue weighted by Gasteiger charge is 2.25. The largest absolute Gasteiger partial charge is 0.389 e. The molecule has 1 fully saturated rings. The van der Waals surface area contributed by atoms with Crippen LogP contribution in [-0.4, -0.2) is 18.2 Å². The summed E-state index contributed by atoms with van der Waals surface area (Å²) in [4.78, 5) is 2.21. The smallest absolute Gasteiger partial charge is 0.131 e. The highest BCUT2D eigenvalue weighted by atomic mass is 19.1. The van der Waals surface area contributed by atoms with Gasteiger partial charge in [0.25, 0.3) is 0 Å². The summed E-state index contributed by atoms with van der Waals surface area (Å²) in [5, 5.41) is 9.78. The third-order valence-corrected chi connectivity index (χ3v) is 3.66. The fourth-order valence-corrected chi connectivity index (χ4v) is 3.07. The first kappa shape index (κ1) is 13.3. The van der Waals surface area contributed by atoms with Crippen molar-refractivity contribution < 1.29 is 9.50 Å². The van der Waals surface area contributed by atoms with E-state index in [2.05, 4.69) is 18.7 Å². The molecule has 3 heteroatoms. The molecule has 3 atom stereocenters. The Hall–Kier alpha value is -1.09. The number of hydrogen-bond acceptors (Lipinski definition) is 2.